The van der Waals surface area contributed by atoms with E-state index in [0.29, 0.717) is 10.7 Å². The molecule has 4 atom stereocenters. The number of nitrogens with two attached hydrogens (primary N) is 1. The third-order valence-corrected chi connectivity index (χ3v) is 11.5. The van der Waals surface area contributed by atoms with Crippen LogP contribution in [-0.2, 0) is 34.2 Å². The summed E-state index contributed by atoms with van der Waals surface area (Å²) in [6.07, 6.45) is -3.30. The molecule has 0 bridgehead atoms. The van der Waals surface area contributed by atoms with Gasteiger partial charge in [0.2, 0.25) is 15.9 Å². The number of halogens is 9. The molecule has 12 nitrogen and oxygen atoms in total. The van der Waals surface area contributed by atoms with Crippen molar-refractivity contribution in [2.24, 2.45) is 18.7 Å². The van der Waals surface area contributed by atoms with Gasteiger partial charge in [-0.25, -0.2) is 35.6 Å². The first-order valence-electron chi connectivity index (χ1n) is 16.8. The number of benzene rings is 3. The summed E-state index contributed by atoms with van der Waals surface area (Å²) in [5.74, 6) is -12.2. The molecule has 0 saturated heterocycles. The SMILES string of the molecule is Cn1nc(NS(C)(=O)=O)c2c(Cl)ccc(-n3c([C@@H](Cc4cc(F)cc(F)c4)C(C(N)=O)n4nc(C(F)F)c5c4C(F)(F)[C@@H]4C[C@H]54)nc4cc(Cl)cc(Cl)c4c3=O)c21. The van der Waals surface area contributed by atoms with Gasteiger partial charge in [0.15, 0.2) is 5.82 Å². The molecule has 298 valence electrons. The van der Waals surface area contributed by atoms with Gasteiger partial charge in [-0.2, -0.15) is 19.0 Å². The van der Waals surface area contributed by atoms with Crippen molar-refractivity contribution < 1.29 is 39.6 Å². The van der Waals surface area contributed by atoms with Crippen molar-refractivity contribution in [1.82, 2.24) is 29.1 Å². The number of carbonyl (C=O) groups excluding carboxylic acids is 1. The molecule has 6 aromatic rings. The molecular weight excluding hydrogens is 849 g/mol. The van der Waals surface area contributed by atoms with Gasteiger partial charge in [0.1, 0.15) is 34.9 Å². The van der Waals surface area contributed by atoms with Gasteiger partial charge in [-0.15, -0.1) is 0 Å². The third kappa shape index (κ3) is 6.38. The Morgan fingerprint density at radius 2 is 1.72 bits per heavy atom. The average molecular weight is 874 g/mol. The smallest absolute Gasteiger partial charge is 0.293 e. The number of anilines is 1. The number of primary amides is 1. The van der Waals surface area contributed by atoms with Crippen LogP contribution in [0.5, 0.6) is 0 Å². The highest BCUT2D eigenvalue weighted by Gasteiger charge is 2.67. The molecule has 3 aromatic carbocycles. The van der Waals surface area contributed by atoms with Crippen molar-refractivity contribution in [3.8, 4) is 5.69 Å². The molecule has 1 saturated carbocycles. The Kier molecular flexibility index (Phi) is 9.14. The minimum atomic E-state index is -3.96. The molecular formula is C35H25Cl3F6N8O4S. The quantitative estimate of drug-likeness (QED) is 0.137. The second-order valence-corrected chi connectivity index (χ2v) is 16.9. The van der Waals surface area contributed by atoms with Crippen LogP contribution in [0.2, 0.25) is 15.1 Å². The number of nitrogens with one attached hydrogen (secondary N) is 1. The van der Waals surface area contributed by atoms with Gasteiger partial charge in [0.05, 0.1) is 49.7 Å². The summed E-state index contributed by atoms with van der Waals surface area (Å²) in [6, 6.07) is 5.17. The van der Waals surface area contributed by atoms with E-state index in [0.717, 1.165) is 23.0 Å². The zero-order chi connectivity index (χ0) is 41.2. The lowest BCUT2D eigenvalue weighted by Crippen LogP contribution is -2.39. The first kappa shape index (κ1) is 39.0. The second kappa shape index (κ2) is 13.4. The normalized spacial score (nSPS) is 18.2. The molecule has 1 amide bonds. The standard InChI is InChI=1S/C35H25Cl3F6N8O4S/c1-50-28-22(4-3-19(37)25(28)32(48-50)49-57(2,55)56)51-33(46-21-9-13(36)8-20(38)24(21)34(51)54)17(7-12-5-14(39)10-15(40)6-12)27(31(45)53)52-29-23(26(47-52)30(41)42)16-11-18(16)35(29,43)44/h3-6,8-10,16-18,27,30H,7,11H2,1-2H3,(H2,45,53)(H,48,49)/t16-,17-,18+,27?/m0/s1. The number of hydrogen-bond acceptors (Lipinski definition) is 7. The predicted molar refractivity (Wildman–Crippen MR) is 198 cm³/mol. The van der Waals surface area contributed by atoms with E-state index in [-0.39, 0.29) is 60.4 Å². The van der Waals surface area contributed by atoms with Crippen molar-refractivity contribution in [2.75, 3.05) is 11.0 Å². The number of amides is 1. The maximum absolute atomic E-state index is 16.1. The first-order chi connectivity index (χ1) is 26.7. The Morgan fingerprint density at radius 3 is 2.35 bits per heavy atom. The molecule has 0 aliphatic heterocycles. The van der Waals surface area contributed by atoms with Crippen LogP contribution >= 0.6 is 34.8 Å². The molecule has 3 N–H and O–H groups in total. The Bertz CT molecular complexity index is 2880. The largest absolute Gasteiger partial charge is 0.368 e. The van der Waals surface area contributed by atoms with Gasteiger partial charge in [-0.05, 0) is 60.7 Å². The number of carbonyl (C=O) groups is 1. The van der Waals surface area contributed by atoms with E-state index in [9.17, 15) is 35.6 Å². The molecule has 57 heavy (non-hydrogen) atoms. The summed E-state index contributed by atoms with van der Waals surface area (Å²) in [6.45, 7) is 0. The van der Waals surface area contributed by atoms with E-state index in [1.54, 1.807) is 0 Å². The van der Waals surface area contributed by atoms with Crippen LogP contribution in [0.3, 0.4) is 0 Å². The zero-order valence-electron chi connectivity index (χ0n) is 29.0. The average Bonchev–Trinajstić information content (AvgIpc) is 3.61. The van der Waals surface area contributed by atoms with E-state index in [1.807, 2.05) is 0 Å². The Balaban J connectivity index is 1.50. The van der Waals surface area contributed by atoms with Crippen molar-refractivity contribution >= 4 is 78.4 Å². The molecule has 3 heterocycles. The highest BCUT2D eigenvalue weighted by atomic mass is 35.5. The molecule has 0 spiro atoms. The molecule has 1 unspecified atom stereocenters. The molecule has 2 aliphatic carbocycles. The van der Waals surface area contributed by atoms with Crippen LogP contribution in [0, 0.1) is 17.6 Å². The van der Waals surface area contributed by atoms with E-state index < -0.39 is 98.5 Å². The number of alkyl halides is 4. The summed E-state index contributed by atoms with van der Waals surface area (Å²) < 4.78 is 120. The fourth-order valence-electron chi connectivity index (χ4n) is 7.95. The van der Waals surface area contributed by atoms with Crippen LogP contribution in [0.15, 0.2) is 47.3 Å². The Labute approximate surface area is 332 Å². The lowest BCUT2D eigenvalue weighted by molar-refractivity contribution is -0.122. The van der Waals surface area contributed by atoms with Crippen molar-refractivity contribution in [2.45, 2.75) is 43.1 Å². The molecule has 2 aliphatic rings. The van der Waals surface area contributed by atoms with Gasteiger partial charge >= 0.3 is 0 Å². The molecule has 1 fully saturated rings. The Morgan fingerprint density at radius 1 is 1.04 bits per heavy atom. The van der Waals surface area contributed by atoms with E-state index >= 15 is 8.78 Å². The second-order valence-electron chi connectivity index (χ2n) is 13.9. The number of fused-ring (bicyclic) bond motifs is 5. The van der Waals surface area contributed by atoms with Gasteiger partial charge in [0, 0.05) is 29.6 Å². The highest BCUT2D eigenvalue weighted by molar-refractivity contribution is 7.92. The summed E-state index contributed by atoms with van der Waals surface area (Å²) in [5, 5.41) is 7.56. The number of aryl methyl sites for hydroxylation is 1. The summed E-state index contributed by atoms with van der Waals surface area (Å²) >= 11 is 19.4. The van der Waals surface area contributed by atoms with E-state index in [1.165, 1.54) is 36.0 Å². The number of rotatable bonds is 10. The van der Waals surface area contributed by atoms with Crippen LogP contribution in [0.1, 0.15) is 59.1 Å². The van der Waals surface area contributed by atoms with Crippen LogP contribution in [-0.4, -0.2) is 49.7 Å². The molecule has 22 heteroatoms. The van der Waals surface area contributed by atoms with E-state index in [4.69, 9.17) is 40.5 Å². The third-order valence-electron chi connectivity index (χ3n) is 10.1. The monoisotopic (exact) mass is 872 g/mol. The van der Waals surface area contributed by atoms with Crippen molar-refractivity contribution in [3.63, 3.8) is 0 Å². The number of aromatic nitrogens is 6. The lowest BCUT2D eigenvalue weighted by Gasteiger charge is -2.30. The van der Waals surface area contributed by atoms with Crippen molar-refractivity contribution in [3.05, 3.63) is 108 Å². The van der Waals surface area contributed by atoms with Crippen LogP contribution < -0.4 is 16.0 Å². The fourth-order valence-corrected chi connectivity index (χ4v) is 9.25. The summed E-state index contributed by atoms with van der Waals surface area (Å²) in [4.78, 5) is 33.4. The number of nitrogens with zero attached hydrogens (tertiary/aromatic N) is 6. The van der Waals surface area contributed by atoms with Gasteiger partial charge in [-0.3, -0.25) is 23.6 Å². The number of sulfonamides is 1. The molecule has 3 aromatic heterocycles. The molecule has 8 rings (SSSR count). The summed E-state index contributed by atoms with van der Waals surface area (Å²) in [7, 11) is -2.58. The van der Waals surface area contributed by atoms with Crippen molar-refractivity contribution in [1.29, 1.82) is 0 Å². The predicted octanol–water partition coefficient (Wildman–Crippen LogP) is 7.28. The maximum atomic E-state index is 16.1. The van der Waals surface area contributed by atoms with Gasteiger partial charge in [-0.1, -0.05) is 34.8 Å². The first-order valence-corrected chi connectivity index (χ1v) is 19.8. The lowest BCUT2D eigenvalue weighted by atomic mass is 9.89. The number of hydrogen-bond donors (Lipinski definition) is 2. The van der Waals surface area contributed by atoms with Crippen LogP contribution in [0.4, 0.5) is 32.2 Å². The maximum Gasteiger partial charge on any atom is 0.293 e. The zero-order valence-corrected chi connectivity index (χ0v) is 32.1. The van der Waals surface area contributed by atoms with Gasteiger partial charge < -0.3 is 5.73 Å². The Hall–Kier alpha value is -4.85. The minimum absolute atomic E-state index is 0.0130. The topological polar surface area (TPSA) is 160 Å². The fraction of sp³-hybridized carbons (Fsp3) is 0.286. The van der Waals surface area contributed by atoms with E-state index in [2.05, 4.69) is 19.9 Å². The molecule has 0 radical (unpaired) electrons. The minimum Gasteiger partial charge on any atom is -0.368 e. The van der Waals surface area contributed by atoms with Gasteiger partial charge in [0.25, 0.3) is 17.9 Å². The highest BCUT2D eigenvalue weighted by Crippen LogP contribution is 2.68. The summed E-state index contributed by atoms with van der Waals surface area (Å²) in [5.41, 5.74) is 2.04. The van der Waals surface area contributed by atoms with Crippen LogP contribution in [0.25, 0.3) is 27.5 Å².